The van der Waals surface area contributed by atoms with Gasteiger partial charge in [-0.05, 0) is 63.6 Å². The number of carbonyl (C=O) groups excluding carboxylic acids is 3. The van der Waals surface area contributed by atoms with Gasteiger partial charge in [0.15, 0.2) is 0 Å². The number of ether oxygens (including phenoxy) is 1. The third kappa shape index (κ3) is 8.61. The first kappa shape index (κ1) is 30.7. The Morgan fingerprint density at radius 1 is 1.05 bits per heavy atom. The second kappa shape index (κ2) is 14.6. The van der Waals surface area contributed by atoms with E-state index in [1.165, 1.54) is 0 Å². The molecular weight excluding hydrogens is 502 g/mol. The Hall–Kier alpha value is -3.79. The van der Waals surface area contributed by atoms with Crippen molar-refractivity contribution in [3.8, 4) is 12.3 Å². The van der Waals surface area contributed by atoms with E-state index in [0.29, 0.717) is 17.7 Å². The molecule has 2 aromatic carbocycles. The zero-order valence-corrected chi connectivity index (χ0v) is 24.2. The normalized spacial score (nSPS) is 14.7. The maximum Gasteiger partial charge on any atom is 0.408 e. The highest BCUT2D eigenvalue weighted by Gasteiger charge is 2.42. The summed E-state index contributed by atoms with van der Waals surface area (Å²) in [6.45, 7) is 7.94. The molecule has 0 spiro atoms. The minimum atomic E-state index is -0.939. The molecule has 1 aliphatic rings. The first-order chi connectivity index (χ1) is 19.1. The summed E-state index contributed by atoms with van der Waals surface area (Å²) in [5.41, 5.74) is 1.32. The van der Waals surface area contributed by atoms with Gasteiger partial charge >= 0.3 is 6.09 Å². The molecule has 1 aliphatic carbocycles. The number of hydrogen-bond acceptors (Lipinski definition) is 4. The van der Waals surface area contributed by atoms with Crippen molar-refractivity contribution in [3.05, 3.63) is 71.3 Å². The van der Waals surface area contributed by atoms with Gasteiger partial charge in [0.05, 0.1) is 0 Å². The summed E-state index contributed by atoms with van der Waals surface area (Å²) in [6.07, 6.45) is 10.8. The summed E-state index contributed by atoms with van der Waals surface area (Å²) in [4.78, 5) is 42.9. The lowest BCUT2D eigenvalue weighted by Crippen LogP contribution is -2.58. The quantitative estimate of drug-likeness (QED) is 0.271. The van der Waals surface area contributed by atoms with Gasteiger partial charge in [-0.1, -0.05) is 74.2 Å². The van der Waals surface area contributed by atoms with Crippen molar-refractivity contribution in [1.82, 2.24) is 15.5 Å². The number of nitrogens with zero attached hydrogens (tertiary/aromatic N) is 1. The van der Waals surface area contributed by atoms with Gasteiger partial charge < -0.3 is 20.3 Å². The molecule has 0 saturated heterocycles. The largest absolute Gasteiger partial charge is 0.444 e. The maximum atomic E-state index is 14.5. The van der Waals surface area contributed by atoms with E-state index in [2.05, 4.69) is 23.5 Å². The molecule has 40 heavy (non-hydrogen) atoms. The summed E-state index contributed by atoms with van der Waals surface area (Å²) in [5, 5.41) is 5.87. The number of hydrogen-bond donors (Lipinski definition) is 2. The minimum Gasteiger partial charge on any atom is -0.444 e. The minimum absolute atomic E-state index is 0.150. The SMILES string of the molecule is C#Cc1ccccc1C(C(=O)NCCCCC)N(C(=O)C(Cc1ccccc1)NC(=O)OC(C)(C)C)C1CCC1. The molecule has 0 aromatic heterocycles. The molecule has 0 bridgehead atoms. The zero-order chi connectivity index (χ0) is 29.1. The number of amides is 3. The molecule has 214 valence electrons. The fourth-order valence-electron chi connectivity index (χ4n) is 4.83. The van der Waals surface area contributed by atoms with Gasteiger partial charge in [0.25, 0.3) is 0 Å². The molecule has 3 amide bonds. The molecule has 2 N–H and O–H groups in total. The van der Waals surface area contributed by atoms with E-state index in [1.807, 2.05) is 48.5 Å². The van der Waals surface area contributed by atoms with Crippen molar-refractivity contribution >= 4 is 17.9 Å². The van der Waals surface area contributed by atoms with E-state index in [9.17, 15) is 14.4 Å². The van der Waals surface area contributed by atoms with Crippen molar-refractivity contribution in [2.75, 3.05) is 6.54 Å². The van der Waals surface area contributed by atoms with Crippen LogP contribution in [0, 0.1) is 12.3 Å². The van der Waals surface area contributed by atoms with Gasteiger partial charge in [0.2, 0.25) is 11.8 Å². The van der Waals surface area contributed by atoms with Crippen molar-refractivity contribution in [1.29, 1.82) is 0 Å². The van der Waals surface area contributed by atoms with Crippen LogP contribution in [0.2, 0.25) is 0 Å². The summed E-state index contributed by atoms with van der Waals surface area (Å²) in [5.74, 6) is 2.09. The van der Waals surface area contributed by atoms with E-state index in [-0.39, 0.29) is 24.3 Å². The molecule has 3 rings (SSSR count). The van der Waals surface area contributed by atoms with E-state index in [4.69, 9.17) is 11.2 Å². The molecular formula is C33H43N3O4. The number of carbonyl (C=O) groups is 3. The van der Waals surface area contributed by atoms with Crippen LogP contribution in [0.25, 0.3) is 0 Å². The maximum absolute atomic E-state index is 14.5. The molecule has 2 atom stereocenters. The standard InChI is InChI=1S/C33H43N3O4/c1-6-8-14-22-34-30(37)29(27-21-13-12-18-25(27)7-2)36(26-19-15-20-26)31(38)28(23-24-16-10-9-11-17-24)35-32(39)40-33(3,4)5/h2,9-13,16-18,21,26,28-29H,6,8,14-15,19-20,22-23H2,1,3-5H3,(H,34,37)(H,35,39). The average molecular weight is 546 g/mol. The molecule has 1 fully saturated rings. The van der Waals surface area contributed by atoms with Crippen molar-refractivity contribution in [3.63, 3.8) is 0 Å². The molecule has 1 saturated carbocycles. The summed E-state index contributed by atoms with van der Waals surface area (Å²) >= 11 is 0. The lowest BCUT2D eigenvalue weighted by Gasteiger charge is -2.44. The smallest absolute Gasteiger partial charge is 0.408 e. The number of rotatable bonds is 12. The average Bonchev–Trinajstić information content (AvgIpc) is 2.88. The van der Waals surface area contributed by atoms with Crippen molar-refractivity contribution in [2.45, 2.75) is 96.4 Å². The lowest BCUT2D eigenvalue weighted by molar-refractivity contribution is -0.147. The Morgan fingerprint density at radius 3 is 2.33 bits per heavy atom. The highest BCUT2D eigenvalue weighted by atomic mass is 16.6. The van der Waals surface area contributed by atoms with Crippen LogP contribution in [0.3, 0.4) is 0 Å². The molecule has 0 heterocycles. The number of benzene rings is 2. The number of unbranched alkanes of at least 4 members (excludes halogenated alkanes) is 2. The molecule has 2 unspecified atom stereocenters. The predicted octanol–water partition coefficient (Wildman–Crippen LogP) is 5.53. The summed E-state index contributed by atoms with van der Waals surface area (Å²) in [7, 11) is 0. The van der Waals surface area contributed by atoms with Crippen LogP contribution < -0.4 is 10.6 Å². The fourth-order valence-corrected chi connectivity index (χ4v) is 4.83. The Labute approximate surface area is 239 Å². The van der Waals surface area contributed by atoms with Crippen LogP contribution in [0.15, 0.2) is 54.6 Å². The molecule has 7 nitrogen and oxygen atoms in total. The third-order valence-corrected chi connectivity index (χ3v) is 7.01. The summed E-state index contributed by atoms with van der Waals surface area (Å²) < 4.78 is 5.52. The number of terminal acetylenes is 1. The Morgan fingerprint density at radius 2 is 1.73 bits per heavy atom. The second-order valence-electron chi connectivity index (χ2n) is 11.4. The van der Waals surface area contributed by atoms with Crippen LogP contribution in [0.5, 0.6) is 0 Å². The van der Waals surface area contributed by atoms with Gasteiger partial charge in [-0.25, -0.2) is 4.79 Å². The van der Waals surface area contributed by atoms with Gasteiger partial charge in [-0.15, -0.1) is 6.42 Å². The van der Waals surface area contributed by atoms with Crippen LogP contribution in [-0.2, 0) is 20.7 Å². The predicted molar refractivity (Wildman–Crippen MR) is 157 cm³/mol. The van der Waals surface area contributed by atoms with Crippen LogP contribution in [-0.4, -0.2) is 47.0 Å². The Bertz CT molecular complexity index is 1180. The van der Waals surface area contributed by atoms with Crippen LogP contribution in [0.4, 0.5) is 4.79 Å². The van der Waals surface area contributed by atoms with Crippen LogP contribution >= 0.6 is 0 Å². The van der Waals surface area contributed by atoms with Gasteiger partial charge in [-0.2, -0.15) is 0 Å². The van der Waals surface area contributed by atoms with Gasteiger partial charge in [0.1, 0.15) is 17.7 Å². The van der Waals surface area contributed by atoms with Gasteiger partial charge in [0, 0.05) is 24.6 Å². The third-order valence-electron chi connectivity index (χ3n) is 7.01. The Balaban J connectivity index is 2.03. The number of nitrogens with one attached hydrogen (secondary N) is 2. The highest BCUT2D eigenvalue weighted by Crippen LogP contribution is 2.35. The molecule has 2 aromatic rings. The first-order valence-corrected chi connectivity index (χ1v) is 14.3. The van der Waals surface area contributed by atoms with Gasteiger partial charge in [-0.3, -0.25) is 9.59 Å². The van der Waals surface area contributed by atoms with E-state index in [0.717, 1.165) is 44.1 Å². The zero-order valence-electron chi connectivity index (χ0n) is 24.2. The van der Waals surface area contributed by atoms with E-state index >= 15 is 0 Å². The van der Waals surface area contributed by atoms with E-state index < -0.39 is 23.8 Å². The van der Waals surface area contributed by atoms with Crippen molar-refractivity contribution in [2.24, 2.45) is 0 Å². The lowest BCUT2D eigenvalue weighted by atomic mass is 9.87. The first-order valence-electron chi connectivity index (χ1n) is 14.3. The second-order valence-corrected chi connectivity index (χ2v) is 11.4. The molecule has 7 heteroatoms. The monoisotopic (exact) mass is 545 g/mol. The van der Waals surface area contributed by atoms with Crippen LogP contribution in [0.1, 0.15) is 89.0 Å². The number of alkyl carbamates (subject to hydrolysis) is 1. The molecule has 0 radical (unpaired) electrons. The molecule has 0 aliphatic heterocycles. The summed E-state index contributed by atoms with van der Waals surface area (Å²) in [6, 6.07) is 14.8. The highest BCUT2D eigenvalue weighted by molar-refractivity contribution is 5.93. The Kier molecular flexibility index (Phi) is 11.2. The topological polar surface area (TPSA) is 87.7 Å². The van der Waals surface area contributed by atoms with Crippen molar-refractivity contribution < 1.29 is 19.1 Å². The fraction of sp³-hybridized carbons (Fsp3) is 0.485. The van der Waals surface area contributed by atoms with E-state index in [1.54, 1.807) is 31.7 Å².